The first kappa shape index (κ1) is 21.3. The van der Waals surface area contributed by atoms with Gasteiger partial charge in [-0.3, -0.25) is 0 Å². The summed E-state index contributed by atoms with van der Waals surface area (Å²) < 4.78 is 19.9. The monoisotopic (exact) mass is 361 g/mol. The smallest absolute Gasteiger partial charge is 0.377 e. The second-order valence-electron chi connectivity index (χ2n) is 6.82. The first-order valence-electron chi connectivity index (χ1n) is 9.49. The predicted molar refractivity (Wildman–Crippen MR) is 102 cm³/mol. The van der Waals surface area contributed by atoms with Crippen molar-refractivity contribution in [2.45, 2.75) is 83.1 Å². The van der Waals surface area contributed by atoms with Crippen molar-refractivity contribution in [2.24, 2.45) is 0 Å². The molecule has 0 bridgehead atoms. The lowest BCUT2D eigenvalue weighted by Crippen LogP contribution is -2.59. The van der Waals surface area contributed by atoms with Crippen molar-refractivity contribution in [1.82, 2.24) is 4.57 Å². The zero-order valence-electron chi connectivity index (χ0n) is 16.3. The highest BCUT2D eigenvalue weighted by Gasteiger charge is 2.43. The van der Waals surface area contributed by atoms with Gasteiger partial charge in [-0.05, 0) is 37.5 Å². The first-order valence-corrected chi connectivity index (χ1v) is 14.0. The fourth-order valence-electron chi connectivity index (χ4n) is 4.37. The Balaban J connectivity index is 2.94. The Morgan fingerprint density at radius 1 is 0.826 bits per heavy atom. The van der Waals surface area contributed by atoms with Gasteiger partial charge in [0.1, 0.15) is 8.24 Å². The van der Waals surface area contributed by atoms with E-state index in [1.807, 2.05) is 0 Å². The van der Waals surface area contributed by atoms with E-state index in [1.165, 1.54) is 50.2 Å². The standard InChI is InChI=1S/C17H39NO3Si2/c1-7-22(8-2,9-3)18(17-13-11-10-12-14-17)15-16-23(19-4,20-5)21-6/h17H,7-16H2,1-6H3. The maximum absolute atomic E-state index is 5.67. The molecule has 1 aliphatic carbocycles. The summed E-state index contributed by atoms with van der Waals surface area (Å²) in [7, 11) is 1.33. The summed E-state index contributed by atoms with van der Waals surface area (Å²) in [6.45, 7) is 8.29. The van der Waals surface area contributed by atoms with Crippen molar-refractivity contribution >= 4 is 17.0 Å². The molecule has 1 fully saturated rings. The van der Waals surface area contributed by atoms with Gasteiger partial charge in [0.25, 0.3) is 0 Å². The molecule has 0 aliphatic heterocycles. The molecule has 1 aliphatic rings. The number of rotatable bonds is 11. The molecule has 0 aromatic carbocycles. The Hall–Kier alpha value is 0.274. The molecule has 1 saturated carbocycles. The van der Waals surface area contributed by atoms with E-state index in [2.05, 4.69) is 25.3 Å². The van der Waals surface area contributed by atoms with Crippen molar-refractivity contribution in [3.05, 3.63) is 0 Å². The average Bonchev–Trinajstić information content (AvgIpc) is 2.63. The zero-order chi connectivity index (χ0) is 17.3. The molecule has 1 rings (SSSR count). The quantitative estimate of drug-likeness (QED) is 0.507. The minimum atomic E-state index is -2.48. The van der Waals surface area contributed by atoms with Crippen LogP contribution in [0.4, 0.5) is 0 Å². The topological polar surface area (TPSA) is 30.9 Å². The SMILES string of the molecule is CC[Si](CC)(CC)N(CC[Si](OC)(OC)OC)C1CCCCC1. The van der Waals surface area contributed by atoms with Crippen LogP contribution in [0.15, 0.2) is 0 Å². The predicted octanol–water partition coefficient (Wildman–Crippen LogP) is 4.50. The van der Waals surface area contributed by atoms with Crippen LogP contribution in [0.5, 0.6) is 0 Å². The molecule has 6 heteroatoms. The van der Waals surface area contributed by atoms with Crippen LogP contribution in [0.1, 0.15) is 52.9 Å². The van der Waals surface area contributed by atoms with Gasteiger partial charge in [-0.2, -0.15) is 0 Å². The fourth-order valence-corrected chi connectivity index (χ4v) is 10.6. The van der Waals surface area contributed by atoms with Crippen LogP contribution in [-0.4, -0.2) is 55.5 Å². The molecule has 0 saturated heterocycles. The molecule has 0 heterocycles. The van der Waals surface area contributed by atoms with Gasteiger partial charge in [0.15, 0.2) is 0 Å². The molecular formula is C17H39NO3Si2. The van der Waals surface area contributed by atoms with Gasteiger partial charge < -0.3 is 17.8 Å². The van der Waals surface area contributed by atoms with Crippen molar-refractivity contribution in [2.75, 3.05) is 27.9 Å². The van der Waals surface area contributed by atoms with E-state index in [0.717, 1.165) is 18.6 Å². The van der Waals surface area contributed by atoms with Crippen LogP contribution >= 0.6 is 0 Å². The maximum atomic E-state index is 5.67. The van der Waals surface area contributed by atoms with E-state index in [4.69, 9.17) is 13.3 Å². The molecule has 138 valence electrons. The number of nitrogens with zero attached hydrogens (tertiary/aromatic N) is 1. The second kappa shape index (κ2) is 10.3. The second-order valence-corrected chi connectivity index (χ2v) is 15.1. The summed E-state index contributed by atoms with van der Waals surface area (Å²) in [5, 5.41) is 0. The van der Waals surface area contributed by atoms with Gasteiger partial charge in [0.05, 0.1) is 0 Å². The Morgan fingerprint density at radius 3 is 1.70 bits per heavy atom. The van der Waals surface area contributed by atoms with Crippen LogP contribution in [0.3, 0.4) is 0 Å². The molecular weight excluding hydrogens is 322 g/mol. The molecule has 23 heavy (non-hydrogen) atoms. The lowest BCUT2D eigenvalue weighted by atomic mass is 9.95. The Labute approximate surface area is 146 Å². The summed E-state index contributed by atoms with van der Waals surface area (Å²) in [4.78, 5) is 0. The highest BCUT2D eigenvalue weighted by molar-refractivity contribution is 6.77. The van der Waals surface area contributed by atoms with Crippen molar-refractivity contribution in [1.29, 1.82) is 0 Å². The van der Waals surface area contributed by atoms with Gasteiger partial charge in [0.2, 0.25) is 0 Å². The summed E-state index contributed by atoms with van der Waals surface area (Å²) in [6, 6.07) is 5.71. The Kier molecular flexibility index (Phi) is 9.55. The van der Waals surface area contributed by atoms with Crippen LogP contribution < -0.4 is 0 Å². The molecule has 0 aromatic heterocycles. The maximum Gasteiger partial charge on any atom is 0.501 e. The van der Waals surface area contributed by atoms with E-state index in [0.29, 0.717) is 0 Å². The molecule has 0 atom stereocenters. The first-order chi connectivity index (χ1) is 11.1. The van der Waals surface area contributed by atoms with E-state index in [1.54, 1.807) is 21.3 Å². The lowest BCUT2D eigenvalue weighted by molar-refractivity contribution is 0.118. The normalized spacial score (nSPS) is 17.9. The molecule has 4 nitrogen and oxygen atoms in total. The summed E-state index contributed by atoms with van der Waals surface area (Å²) in [6.07, 6.45) is 6.94. The lowest BCUT2D eigenvalue weighted by Gasteiger charge is -2.48. The van der Waals surface area contributed by atoms with E-state index < -0.39 is 17.0 Å². The highest BCUT2D eigenvalue weighted by atomic mass is 28.4. The van der Waals surface area contributed by atoms with Crippen LogP contribution in [0, 0.1) is 0 Å². The van der Waals surface area contributed by atoms with Gasteiger partial charge in [-0.15, -0.1) is 0 Å². The van der Waals surface area contributed by atoms with Crippen molar-refractivity contribution in [3.8, 4) is 0 Å². The van der Waals surface area contributed by atoms with Crippen molar-refractivity contribution < 1.29 is 13.3 Å². The third-order valence-corrected chi connectivity index (χ3v) is 14.6. The Morgan fingerprint density at radius 2 is 1.30 bits per heavy atom. The van der Waals surface area contributed by atoms with Crippen LogP contribution in [-0.2, 0) is 13.3 Å². The van der Waals surface area contributed by atoms with Gasteiger partial charge in [-0.1, -0.05) is 40.0 Å². The number of hydrogen-bond acceptors (Lipinski definition) is 4. The van der Waals surface area contributed by atoms with E-state index in [-0.39, 0.29) is 0 Å². The molecule has 0 unspecified atom stereocenters. The van der Waals surface area contributed by atoms with Crippen LogP contribution in [0.25, 0.3) is 0 Å². The zero-order valence-corrected chi connectivity index (χ0v) is 18.3. The number of hydrogen-bond donors (Lipinski definition) is 0. The molecule has 0 N–H and O–H groups in total. The van der Waals surface area contributed by atoms with Gasteiger partial charge in [0, 0.05) is 33.4 Å². The minimum Gasteiger partial charge on any atom is -0.377 e. The summed E-state index contributed by atoms with van der Waals surface area (Å²) in [5.74, 6) is 0. The third kappa shape index (κ3) is 5.12. The summed E-state index contributed by atoms with van der Waals surface area (Å²) in [5.41, 5.74) is 0. The summed E-state index contributed by atoms with van der Waals surface area (Å²) >= 11 is 0. The van der Waals surface area contributed by atoms with Crippen LogP contribution in [0.2, 0.25) is 24.2 Å². The van der Waals surface area contributed by atoms with E-state index in [9.17, 15) is 0 Å². The molecule has 0 amide bonds. The van der Waals surface area contributed by atoms with Gasteiger partial charge in [-0.25, -0.2) is 0 Å². The molecule has 0 radical (unpaired) electrons. The minimum absolute atomic E-state index is 0.771. The molecule has 0 spiro atoms. The average molecular weight is 362 g/mol. The third-order valence-electron chi connectivity index (χ3n) is 6.19. The van der Waals surface area contributed by atoms with E-state index >= 15 is 0 Å². The fraction of sp³-hybridized carbons (Fsp3) is 1.00. The largest absolute Gasteiger partial charge is 0.501 e. The Bertz CT molecular complexity index is 300. The van der Waals surface area contributed by atoms with Gasteiger partial charge >= 0.3 is 8.80 Å². The van der Waals surface area contributed by atoms with Crippen molar-refractivity contribution in [3.63, 3.8) is 0 Å². The highest BCUT2D eigenvalue weighted by Crippen LogP contribution is 2.33. The molecule has 0 aromatic rings.